The normalized spacial score (nSPS) is 10.7. The van der Waals surface area contributed by atoms with Gasteiger partial charge in [0.05, 0.1) is 18.0 Å². The molecule has 0 saturated carbocycles. The Kier molecular flexibility index (Phi) is 7.99. The molecule has 0 aliphatic rings. The molecule has 0 aliphatic carbocycles. The van der Waals surface area contributed by atoms with E-state index >= 15 is 0 Å². The van der Waals surface area contributed by atoms with Crippen LogP contribution in [0.1, 0.15) is 5.56 Å². The number of hydrogen-bond acceptors (Lipinski definition) is 7. The lowest BCUT2D eigenvalue weighted by Gasteiger charge is -2.13. The SMILES string of the molecule is COCCNC(=O)NC(=O)CSc1nnc(-c2ccncc2)n1-c1cccc(Cl)c1C. The minimum absolute atomic E-state index is 0.0220. The van der Waals surface area contributed by atoms with Crippen molar-refractivity contribution in [1.82, 2.24) is 30.4 Å². The van der Waals surface area contributed by atoms with Crippen molar-refractivity contribution in [3.05, 3.63) is 53.3 Å². The Morgan fingerprint density at radius 3 is 2.71 bits per heavy atom. The van der Waals surface area contributed by atoms with E-state index in [4.69, 9.17) is 16.3 Å². The molecule has 3 aromatic rings. The third-order valence-corrected chi connectivity index (χ3v) is 5.57. The summed E-state index contributed by atoms with van der Waals surface area (Å²) >= 11 is 7.49. The lowest BCUT2D eigenvalue weighted by Crippen LogP contribution is -2.41. The average molecular weight is 461 g/mol. The summed E-state index contributed by atoms with van der Waals surface area (Å²) in [6, 6.07) is 8.62. The van der Waals surface area contributed by atoms with E-state index in [0.717, 1.165) is 28.6 Å². The lowest BCUT2D eigenvalue weighted by molar-refractivity contribution is -0.117. The van der Waals surface area contributed by atoms with Crippen molar-refractivity contribution >= 4 is 35.3 Å². The number of methoxy groups -OCH3 is 1. The van der Waals surface area contributed by atoms with Crippen molar-refractivity contribution in [2.24, 2.45) is 0 Å². The fraction of sp³-hybridized carbons (Fsp3) is 0.250. The molecule has 2 aromatic heterocycles. The molecule has 0 radical (unpaired) electrons. The van der Waals surface area contributed by atoms with Crippen LogP contribution in [0, 0.1) is 6.92 Å². The van der Waals surface area contributed by atoms with Gasteiger partial charge < -0.3 is 10.1 Å². The number of ether oxygens (including phenoxy) is 1. The molecule has 3 amide bonds. The van der Waals surface area contributed by atoms with Crippen LogP contribution in [-0.2, 0) is 9.53 Å². The van der Waals surface area contributed by atoms with Crippen LogP contribution in [0.4, 0.5) is 4.79 Å². The maximum absolute atomic E-state index is 12.2. The van der Waals surface area contributed by atoms with Crippen LogP contribution >= 0.6 is 23.4 Å². The second-order valence-corrected chi connectivity index (χ2v) is 7.70. The maximum Gasteiger partial charge on any atom is 0.321 e. The van der Waals surface area contributed by atoms with Crippen molar-refractivity contribution < 1.29 is 14.3 Å². The number of halogens is 1. The molecule has 162 valence electrons. The Balaban J connectivity index is 1.83. The maximum atomic E-state index is 12.2. The molecule has 0 aliphatic heterocycles. The molecule has 9 nitrogen and oxygen atoms in total. The van der Waals surface area contributed by atoms with Gasteiger partial charge in [0.2, 0.25) is 5.91 Å². The number of amides is 3. The van der Waals surface area contributed by atoms with Crippen LogP contribution in [0.25, 0.3) is 17.1 Å². The number of imide groups is 1. The number of rotatable bonds is 8. The standard InChI is InChI=1S/C20H21ClN6O3S/c1-13-15(21)4-3-5-16(13)27-18(14-6-8-22-9-7-14)25-26-20(27)31-12-17(28)24-19(29)23-10-11-30-2/h3-9H,10-12H2,1-2H3,(H2,23,24,28,29). The van der Waals surface area contributed by atoms with Gasteiger partial charge in [0.15, 0.2) is 11.0 Å². The van der Waals surface area contributed by atoms with Gasteiger partial charge in [0, 0.05) is 36.6 Å². The molecule has 0 fully saturated rings. The number of carbonyl (C=O) groups excluding carboxylic acids is 2. The summed E-state index contributed by atoms with van der Waals surface area (Å²) in [7, 11) is 1.53. The summed E-state index contributed by atoms with van der Waals surface area (Å²) in [5, 5.41) is 14.5. The second-order valence-electron chi connectivity index (χ2n) is 6.35. The van der Waals surface area contributed by atoms with Gasteiger partial charge in [-0.05, 0) is 36.8 Å². The van der Waals surface area contributed by atoms with Gasteiger partial charge in [-0.15, -0.1) is 10.2 Å². The molecule has 0 unspecified atom stereocenters. The summed E-state index contributed by atoms with van der Waals surface area (Å²) in [6.07, 6.45) is 3.34. The van der Waals surface area contributed by atoms with E-state index in [1.807, 2.05) is 35.8 Å². The highest BCUT2D eigenvalue weighted by Crippen LogP contribution is 2.31. The van der Waals surface area contributed by atoms with E-state index in [1.165, 1.54) is 7.11 Å². The van der Waals surface area contributed by atoms with E-state index in [-0.39, 0.29) is 5.75 Å². The highest BCUT2D eigenvalue weighted by molar-refractivity contribution is 7.99. The number of pyridine rings is 1. The molecular formula is C20H21ClN6O3S. The van der Waals surface area contributed by atoms with Crippen LogP contribution in [0.3, 0.4) is 0 Å². The molecule has 0 atom stereocenters. The Labute approximate surface area is 188 Å². The van der Waals surface area contributed by atoms with Crippen LogP contribution in [0.2, 0.25) is 5.02 Å². The fourth-order valence-corrected chi connectivity index (χ4v) is 3.62. The van der Waals surface area contributed by atoms with E-state index < -0.39 is 11.9 Å². The predicted octanol–water partition coefficient (Wildman–Crippen LogP) is 2.86. The van der Waals surface area contributed by atoms with E-state index in [1.54, 1.807) is 18.5 Å². The molecule has 0 spiro atoms. The van der Waals surface area contributed by atoms with E-state index in [9.17, 15) is 9.59 Å². The highest BCUT2D eigenvalue weighted by Gasteiger charge is 2.19. The Hall–Kier alpha value is -2.95. The number of thioether (sulfide) groups is 1. The van der Waals surface area contributed by atoms with Gasteiger partial charge in [-0.2, -0.15) is 0 Å². The van der Waals surface area contributed by atoms with Gasteiger partial charge in [-0.25, -0.2) is 4.79 Å². The number of urea groups is 1. The molecule has 2 heterocycles. The zero-order chi connectivity index (χ0) is 22.2. The topological polar surface area (TPSA) is 111 Å². The Morgan fingerprint density at radius 1 is 1.19 bits per heavy atom. The first-order chi connectivity index (χ1) is 15.0. The number of hydrogen-bond donors (Lipinski definition) is 2. The first-order valence-electron chi connectivity index (χ1n) is 9.32. The number of aromatic nitrogens is 4. The summed E-state index contributed by atoms with van der Waals surface area (Å²) in [5.74, 6) is 0.113. The van der Waals surface area contributed by atoms with Crippen LogP contribution in [0.5, 0.6) is 0 Å². The molecule has 31 heavy (non-hydrogen) atoms. The van der Waals surface area contributed by atoms with Crippen molar-refractivity contribution in [2.75, 3.05) is 26.0 Å². The van der Waals surface area contributed by atoms with Gasteiger partial charge in [0.1, 0.15) is 0 Å². The average Bonchev–Trinajstić information content (AvgIpc) is 3.19. The Bertz CT molecular complexity index is 1060. The first kappa shape index (κ1) is 22.7. The fourth-order valence-electron chi connectivity index (χ4n) is 2.71. The van der Waals surface area contributed by atoms with Crippen molar-refractivity contribution in [3.63, 3.8) is 0 Å². The van der Waals surface area contributed by atoms with Crippen LogP contribution in [0.15, 0.2) is 47.9 Å². The number of nitrogens with one attached hydrogen (secondary N) is 2. The van der Waals surface area contributed by atoms with Crippen molar-refractivity contribution in [2.45, 2.75) is 12.1 Å². The summed E-state index contributed by atoms with van der Waals surface area (Å²) in [6.45, 7) is 2.57. The Morgan fingerprint density at radius 2 is 1.97 bits per heavy atom. The second kappa shape index (κ2) is 10.9. The van der Waals surface area contributed by atoms with Crippen LogP contribution < -0.4 is 10.6 Å². The molecular weight excluding hydrogens is 440 g/mol. The third-order valence-electron chi connectivity index (χ3n) is 4.23. The molecule has 11 heteroatoms. The van der Waals surface area contributed by atoms with Gasteiger partial charge >= 0.3 is 6.03 Å². The van der Waals surface area contributed by atoms with E-state index in [2.05, 4.69) is 25.8 Å². The molecule has 2 N–H and O–H groups in total. The number of carbonyl (C=O) groups is 2. The quantitative estimate of drug-likeness (QED) is 0.392. The molecule has 1 aromatic carbocycles. The molecule has 3 rings (SSSR count). The summed E-state index contributed by atoms with van der Waals surface area (Å²) in [5.41, 5.74) is 2.46. The number of benzene rings is 1. The van der Waals surface area contributed by atoms with Gasteiger partial charge in [0.25, 0.3) is 0 Å². The number of nitrogens with zero attached hydrogens (tertiary/aromatic N) is 4. The summed E-state index contributed by atoms with van der Waals surface area (Å²) < 4.78 is 6.69. The first-order valence-corrected chi connectivity index (χ1v) is 10.7. The van der Waals surface area contributed by atoms with E-state index in [0.29, 0.717) is 29.2 Å². The lowest BCUT2D eigenvalue weighted by atomic mass is 10.2. The largest absolute Gasteiger partial charge is 0.383 e. The van der Waals surface area contributed by atoms with Gasteiger partial charge in [-0.1, -0.05) is 29.4 Å². The third kappa shape index (κ3) is 5.81. The minimum atomic E-state index is -0.577. The highest BCUT2D eigenvalue weighted by atomic mass is 35.5. The van der Waals surface area contributed by atoms with Crippen molar-refractivity contribution in [1.29, 1.82) is 0 Å². The summed E-state index contributed by atoms with van der Waals surface area (Å²) in [4.78, 5) is 28.0. The minimum Gasteiger partial charge on any atom is -0.383 e. The molecule has 0 saturated heterocycles. The molecule has 0 bridgehead atoms. The zero-order valence-electron chi connectivity index (χ0n) is 17.0. The zero-order valence-corrected chi connectivity index (χ0v) is 18.5. The predicted molar refractivity (Wildman–Crippen MR) is 118 cm³/mol. The smallest absolute Gasteiger partial charge is 0.321 e. The van der Waals surface area contributed by atoms with Crippen LogP contribution in [-0.4, -0.2) is 57.7 Å². The monoisotopic (exact) mass is 460 g/mol. The van der Waals surface area contributed by atoms with Gasteiger partial charge in [-0.3, -0.25) is 19.7 Å². The van der Waals surface area contributed by atoms with Crippen molar-refractivity contribution in [3.8, 4) is 17.1 Å².